The van der Waals surface area contributed by atoms with Gasteiger partial charge in [0.05, 0.1) is 0 Å². The first-order chi connectivity index (χ1) is 6.99. The van der Waals surface area contributed by atoms with Crippen LogP contribution in [0.15, 0.2) is 0 Å². The molecule has 1 aliphatic heterocycles. The maximum absolute atomic E-state index is 13.0. The summed E-state index contributed by atoms with van der Waals surface area (Å²) in [7, 11) is 0. The summed E-state index contributed by atoms with van der Waals surface area (Å²) in [6.45, 7) is 1.50. The summed E-state index contributed by atoms with van der Waals surface area (Å²) in [5, 5.41) is 1.73. The fourth-order valence-electron chi connectivity index (χ4n) is 1.24. The molecule has 1 N–H and O–H groups in total. The molecule has 0 radical (unpaired) electrons. The third-order valence-electron chi connectivity index (χ3n) is 1.99. The summed E-state index contributed by atoms with van der Waals surface area (Å²) >= 11 is 0. The third kappa shape index (κ3) is 1.96. The van der Waals surface area contributed by atoms with Gasteiger partial charge in [0, 0.05) is 12.5 Å². The topological polar surface area (TPSA) is 66.5 Å². The van der Waals surface area contributed by atoms with Crippen LogP contribution >= 0.6 is 0 Å². The highest BCUT2D eigenvalue weighted by molar-refractivity contribution is 6.18. The van der Waals surface area contributed by atoms with Gasteiger partial charge in [-0.05, 0) is 6.92 Å². The van der Waals surface area contributed by atoms with Crippen molar-refractivity contribution in [1.29, 1.82) is 0 Å². The number of halogens is 1. The van der Waals surface area contributed by atoms with Gasteiger partial charge in [0.25, 0.3) is 18.0 Å². The van der Waals surface area contributed by atoms with E-state index >= 15 is 0 Å². The Bertz CT molecular complexity index is 361. The Morgan fingerprint density at radius 2 is 2.20 bits per heavy atom. The predicted molar refractivity (Wildman–Crippen MR) is 48.2 cm³/mol. The molecule has 1 heterocycles. The van der Waals surface area contributed by atoms with Gasteiger partial charge in [-0.15, -0.1) is 12.3 Å². The number of barbiturate groups is 1. The van der Waals surface area contributed by atoms with Crippen molar-refractivity contribution in [2.75, 3.05) is 0 Å². The number of urea groups is 1. The molecule has 5 nitrogen and oxygen atoms in total. The predicted octanol–water partition coefficient (Wildman–Crippen LogP) is -0.185. The molecule has 1 aliphatic rings. The zero-order chi connectivity index (χ0) is 11.6. The zero-order valence-corrected chi connectivity index (χ0v) is 7.99. The highest BCUT2D eigenvalue weighted by Gasteiger charge is 2.42. The first-order valence-corrected chi connectivity index (χ1v) is 4.24. The smallest absolute Gasteiger partial charge is 0.275 e. The number of rotatable bonds is 2. The SMILES string of the molecule is C#CCC(C)N1C(=O)NC(=O)C(F)C1=O. The van der Waals surface area contributed by atoms with Gasteiger partial charge in [0.2, 0.25) is 0 Å². The van der Waals surface area contributed by atoms with Gasteiger partial charge in [0.1, 0.15) is 0 Å². The molecule has 15 heavy (non-hydrogen) atoms. The Hall–Kier alpha value is -1.90. The maximum Gasteiger partial charge on any atom is 0.331 e. The van der Waals surface area contributed by atoms with E-state index in [1.807, 2.05) is 0 Å². The van der Waals surface area contributed by atoms with Crippen molar-refractivity contribution < 1.29 is 18.8 Å². The van der Waals surface area contributed by atoms with Crippen LogP contribution in [-0.4, -0.2) is 35.0 Å². The second kappa shape index (κ2) is 4.09. The number of nitrogens with one attached hydrogen (secondary N) is 1. The van der Waals surface area contributed by atoms with Crippen LogP contribution in [0.5, 0.6) is 0 Å². The van der Waals surface area contributed by atoms with Crippen LogP contribution in [0.4, 0.5) is 9.18 Å². The summed E-state index contributed by atoms with van der Waals surface area (Å²) in [6.07, 6.45) is 2.79. The maximum atomic E-state index is 13.0. The first-order valence-electron chi connectivity index (χ1n) is 4.24. The van der Waals surface area contributed by atoms with E-state index in [2.05, 4.69) is 5.92 Å². The number of imide groups is 2. The number of nitrogens with zero attached hydrogens (tertiary/aromatic N) is 1. The number of carbonyl (C=O) groups is 3. The van der Waals surface area contributed by atoms with Gasteiger partial charge in [0.15, 0.2) is 0 Å². The lowest BCUT2D eigenvalue weighted by Gasteiger charge is -2.30. The van der Waals surface area contributed by atoms with E-state index in [1.54, 1.807) is 5.32 Å². The highest BCUT2D eigenvalue weighted by Crippen LogP contribution is 2.12. The molecule has 0 aromatic rings. The van der Waals surface area contributed by atoms with E-state index in [0.717, 1.165) is 0 Å². The summed E-state index contributed by atoms with van der Waals surface area (Å²) < 4.78 is 13.0. The first kappa shape index (κ1) is 11.2. The van der Waals surface area contributed by atoms with Gasteiger partial charge in [-0.3, -0.25) is 19.8 Å². The average molecular weight is 212 g/mol. The van der Waals surface area contributed by atoms with Crippen molar-refractivity contribution in [3.63, 3.8) is 0 Å². The van der Waals surface area contributed by atoms with E-state index in [9.17, 15) is 18.8 Å². The standard InChI is InChI=1S/C9H9FN2O3/c1-3-4-5(2)12-8(14)6(10)7(13)11-9(12)15/h1,5-6H,4H2,2H3,(H,11,13,15). The fourth-order valence-corrected chi connectivity index (χ4v) is 1.24. The molecule has 4 amide bonds. The van der Waals surface area contributed by atoms with Gasteiger partial charge in [-0.2, -0.15) is 0 Å². The normalized spacial score (nSPS) is 23.4. The molecule has 0 bridgehead atoms. The Morgan fingerprint density at radius 1 is 1.60 bits per heavy atom. The van der Waals surface area contributed by atoms with Crippen molar-refractivity contribution in [2.24, 2.45) is 0 Å². The molecule has 1 rings (SSSR count). The molecular weight excluding hydrogens is 203 g/mol. The fraction of sp³-hybridized carbons (Fsp3) is 0.444. The number of amides is 4. The van der Waals surface area contributed by atoms with E-state index in [-0.39, 0.29) is 6.42 Å². The van der Waals surface area contributed by atoms with E-state index < -0.39 is 30.1 Å². The lowest BCUT2D eigenvalue weighted by molar-refractivity contribution is -0.145. The number of hydrogen-bond acceptors (Lipinski definition) is 3. The summed E-state index contributed by atoms with van der Waals surface area (Å²) in [5.74, 6) is -0.138. The van der Waals surface area contributed by atoms with Crippen LogP contribution in [-0.2, 0) is 9.59 Å². The molecule has 0 aliphatic carbocycles. The van der Waals surface area contributed by atoms with E-state index in [0.29, 0.717) is 4.90 Å². The van der Waals surface area contributed by atoms with Crippen molar-refractivity contribution in [1.82, 2.24) is 10.2 Å². The van der Waals surface area contributed by atoms with Gasteiger partial charge < -0.3 is 0 Å². The minimum atomic E-state index is -2.33. The van der Waals surface area contributed by atoms with Crippen molar-refractivity contribution in [3.8, 4) is 12.3 Å². The minimum Gasteiger partial charge on any atom is -0.275 e. The summed E-state index contributed by atoms with van der Waals surface area (Å²) in [5.41, 5.74) is 0. The van der Waals surface area contributed by atoms with E-state index in [1.165, 1.54) is 6.92 Å². The lowest BCUT2D eigenvalue weighted by Crippen LogP contribution is -2.61. The van der Waals surface area contributed by atoms with Gasteiger partial charge >= 0.3 is 6.03 Å². The quantitative estimate of drug-likeness (QED) is 0.509. The lowest BCUT2D eigenvalue weighted by atomic mass is 10.1. The second-order valence-corrected chi connectivity index (χ2v) is 3.12. The molecule has 2 unspecified atom stereocenters. The number of hydrogen-bond donors (Lipinski definition) is 1. The molecule has 0 saturated carbocycles. The van der Waals surface area contributed by atoms with Crippen LogP contribution in [0, 0.1) is 12.3 Å². The van der Waals surface area contributed by atoms with E-state index in [4.69, 9.17) is 6.42 Å². The molecule has 0 aromatic heterocycles. The van der Waals surface area contributed by atoms with Crippen molar-refractivity contribution >= 4 is 17.8 Å². The Morgan fingerprint density at radius 3 is 2.73 bits per heavy atom. The number of alkyl halides is 1. The monoisotopic (exact) mass is 212 g/mol. The molecule has 1 fully saturated rings. The Kier molecular flexibility index (Phi) is 3.04. The van der Waals surface area contributed by atoms with Crippen LogP contribution in [0.3, 0.4) is 0 Å². The molecule has 0 aromatic carbocycles. The molecule has 1 saturated heterocycles. The molecule has 6 heteroatoms. The Balaban J connectivity index is 2.89. The zero-order valence-electron chi connectivity index (χ0n) is 7.99. The number of terminal acetylenes is 1. The summed E-state index contributed by atoms with van der Waals surface area (Å²) in [4.78, 5) is 33.9. The Labute approximate surface area is 85.6 Å². The molecule has 2 atom stereocenters. The highest BCUT2D eigenvalue weighted by atomic mass is 19.1. The molecule has 80 valence electrons. The van der Waals surface area contributed by atoms with Crippen LogP contribution < -0.4 is 5.32 Å². The third-order valence-corrected chi connectivity index (χ3v) is 1.99. The van der Waals surface area contributed by atoms with Crippen LogP contribution in [0.25, 0.3) is 0 Å². The van der Waals surface area contributed by atoms with Crippen LogP contribution in [0.1, 0.15) is 13.3 Å². The molecular formula is C9H9FN2O3. The van der Waals surface area contributed by atoms with Gasteiger partial charge in [-0.25, -0.2) is 9.18 Å². The van der Waals surface area contributed by atoms with Crippen LogP contribution in [0.2, 0.25) is 0 Å². The molecule has 0 spiro atoms. The minimum absolute atomic E-state index is 0.111. The number of carbonyl (C=O) groups excluding carboxylic acids is 3. The van der Waals surface area contributed by atoms with Gasteiger partial charge in [-0.1, -0.05) is 0 Å². The largest absolute Gasteiger partial charge is 0.331 e. The average Bonchev–Trinajstić information content (AvgIpc) is 2.15. The second-order valence-electron chi connectivity index (χ2n) is 3.12. The van der Waals surface area contributed by atoms with Crippen molar-refractivity contribution in [2.45, 2.75) is 25.6 Å². The van der Waals surface area contributed by atoms with Crippen molar-refractivity contribution in [3.05, 3.63) is 0 Å². The summed E-state index contributed by atoms with van der Waals surface area (Å²) in [6, 6.07) is -1.56.